The van der Waals surface area contributed by atoms with E-state index in [1.54, 1.807) is 4.90 Å². The van der Waals surface area contributed by atoms with Crippen LogP contribution >= 0.6 is 11.6 Å². The monoisotopic (exact) mass is 427 g/mol. The van der Waals surface area contributed by atoms with Crippen molar-refractivity contribution in [1.29, 1.82) is 0 Å². The fourth-order valence-corrected chi connectivity index (χ4v) is 4.77. The number of aryl methyl sites for hydroxylation is 1. The molecule has 2 aliphatic heterocycles. The SMILES string of the molecule is Cc1[nH]c2c(Cl)cccc2c(=O)c1C[NH+]1CC[NH+](Cc2ccc3c(c2)OCO3)CC1. The number of halogens is 1. The van der Waals surface area contributed by atoms with Gasteiger partial charge in [0.2, 0.25) is 6.79 Å². The van der Waals surface area contributed by atoms with Crippen LogP contribution in [0.1, 0.15) is 16.8 Å². The topological polar surface area (TPSA) is 60.2 Å². The van der Waals surface area contributed by atoms with Crippen molar-refractivity contribution in [2.45, 2.75) is 20.0 Å². The highest BCUT2D eigenvalue weighted by Crippen LogP contribution is 2.32. The standard InChI is InChI=1S/C23H24ClN3O3/c1-15-18(23(28)17-3-2-4-19(24)22(17)25-15)13-27-9-7-26(8-10-27)12-16-5-6-20-21(11-16)30-14-29-20/h2-6,11H,7-10,12-14H2,1H3,(H,25,28)/p+2. The first-order chi connectivity index (χ1) is 14.6. The summed E-state index contributed by atoms with van der Waals surface area (Å²) in [5.74, 6) is 1.68. The average Bonchev–Trinajstić information content (AvgIpc) is 3.21. The molecule has 3 aromatic rings. The van der Waals surface area contributed by atoms with Gasteiger partial charge in [-0.25, -0.2) is 0 Å². The first kappa shape index (κ1) is 19.4. The Morgan fingerprint density at radius 1 is 1.00 bits per heavy atom. The van der Waals surface area contributed by atoms with Crippen LogP contribution in [-0.2, 0) is 13.1 Å². The van der Waals surface area contributed by atoms with Crippen LogP contribution in [-0.4, -0.2) is 38.0 Å². The van der Waals surface area contributed by atoms with Crippen LogP contribution in [0.15, 0.2) is 41.2 Å². The number of quaternary nitrogens is 2. The molecule has 0 radical (unpaired) electrons. The second kappa shape index (κ2) is 7.95. The molecular formula is C23H26ClN3O3+2. The summed E-state index contributed by atoms with van der Waals surface area (Å²) in [5.41, 5.74) is 3.91. The molecule has 0 saturated carbocycles. The molecule has 0 spiro atoms. The van der Waals surface area contributed by atoms with E-state index in [-0.39, 0.29) is 5.43 Å². The molecule has 3 N–H and O–H groups in total. The van der Waals surface area contributed by atoms with Gasteiger partial charge in [0.15, 0.2) is 16.9 Å². The number of H-pyrrole nitrogens is 1. The zero-order valence-electron chi connectivity index (χ0n) is 17.0. The van der Waals surface area contributed by atoms with E-state index in [9.17, 15) is 4.79 Å². The molecule has 1 fully saturated rings. The van der Waals surface area contributed by atoms with Gasteiger partial charge in [-0.05, 0) is 37.3 Å². The third kappa shape index (κ3) is 3.67. The quantitative estimate of drug-likeness (QED) is 0.574. The highest BCUT2D eigenvalue weighted by Gasteiger charge is 2.26. The minimum Gasteiger partial charge on any atom is -0.454 e. The lowest BCUT2D eigenvalue weighted by atomic mass is 10.1. The van der Waals surface area contributed by atoms with Gasteiger partial charge in [0.25, 0.3) is 0 Å². The highest BCUT2D eigenvalue weighted by atomic mass is 35.5. The Balaban J connectivity index is 1.25. The maximum absolute atomic E-state index is 13.1. The zero-order chi connectivity index (χ0) is 20.7. The lowest BCUT2D eigenvalue weighted by Gasteiger charge is -2.30. The Bertz CT molecular complexity index is 1150. The zero-order valence-corrected chi connectivity index (χ0v) is 17.8. The molecule has 0 bridgehead atoms. The van der Waals surface area contributed by atoms with E-state index in [2.05, 4.69) is 17.1 Å². The molecule has 1 saturated heterocycles. The van der Waals surface area contributed by atoms with Crippen LogP contribution in [0.2, 0.25) is 5.02 Å². The first-order valence-electron chi connectivity index (χ1n) is 10.4. The number of aromatic amines is 1. The maximum Gasteiger partial charge on any atom is 0.231 e. The Morgan fingerprint density at radius 2 is 1.73 bits per heavy atom. The largest absolute Gasteiger partial charge is 0.454 e. The Labute approximate surface area is 180 Å². The Kier molecular flexibility index (Phi) is 5.15. The lowest BCUT2D eigenvalue weighted by molar-refractivity contribution is -1.02. The minimum absolute atomic E-state index is 0.103. The second-order valence-electron chi connectivity index (χ2n) is 8.26. The van der Waals surface area contributed by atoms with Crippen molar-refractivity contribution in [2.75, 3.05) is 33.0 Å². The van der Waals surface area contributed by atoms with Gasteiger partial charge in [0.1, 0.15) is 39.3 Å². The normalized spacial score (nSPS) is 20.6. The summed E-state index contributed by atoms with van der Waals surface area (Å²) < 4.78 is 10.9. The van der Waals surface area contributed by atoms with Crippen molar-refractivity contribution >= 4 is 22.5 Å². The molecule has 6 nitrogen and oxygen atoms in total. The van der Waals surface area contributed by atoms with Gasteiger partial charge in [-0.15, -0.1) is 0 Å². The van der Waals surface area contributed by atoms with Crippen LogP contribution in [0.4, 0.5) is 0 Å². The number of hydrogen-bond donors (Lipinski definition) is 3. The smallest absolute Gasteiger partial charge is 0.231 e. The van der Waals surface area contributed by atoms with E-state index in [4.69, 9.17) is 21.1 Å². The minimum atomic E-state index is 0.103. The van der Waals surface area contributed by atoms with Crippen LogP contribution < -0.4 is 24.7 Å². The summed E-state index contributed by atoms with van der Waals surface area (Å²) in [6.45, 7) is 8.28. The van der Waals surface area contributed by atoms with Gasteiger partial charge in [0.05, 0.1) is 16.1 Å². The predicted molar refractivity (Wildman–Crippen MR) is 116 cm³/mol. The number of aromatic nitrogens is 1. The van der Waals surface area contributed by atoms with Gasteiger partial charge < -0.3 is 24.3 Å². The number of fused-ring (bicyclic) bond motifs is 2. The molecule has 2 aromatic carbocycles. The van der Waals surface area contributed by atoms with E-state index in [1.165, 1.54) is 10.5 Å². The molecule has 30 heavy (non-hydrogen) atoms. The lowest BCUT2D eigenvalue weighted by Crippen LogP contribution is -3.27. The summed E-state index contributed by atoms with van der Waals surface area (Å²) >= 11 is 6.27. The average molecular weight is 428 g/mol. The number of benzene rings is 2. The third-order valence-corrected chi connectivity index (χ3v) is 6.59. The molecule has 0 aliphatic carbocycles. The second-order valence-corrected chi connectivity index (χ2v) is 8.67. The number of hydrogen-bond acceptors (Lipinski definition) is 3. The fraction of sp³-hybridized carbons (Fsp3) is 0.348. The molecule has 2 aliphatic rings. The van der Waals surface area contributed by atoms with Crippen LogP contribution in [0.5, 0.6) is 11.5 Å². The van der Waals surface area contributed by atoms with Crippen molar-refractivity contribution in [1.82, 2.24) is 4.98 Å². The summed E-state index contributed by atoms with van der Waals surface area (Å²) in [6.07, 6.45) is 0. The summed E-state index contributed by atoms with van der Waals surface area (Å²) in [5, 5.41) is 1.27. The maximum atomic E-state index is 13.1. The van der Waals surface area contributed by atoms with Crippen molar-refractivity contribution in [2.24, 2.45) is 0 Å². The highest BCUT2D eigenvalue weighted by molar-refractivity contribution is 6.35. The van der Waals surface area contributed by atoms with E-state index in [0.29, 0.717) is 17.2 Å². The van der Waals surface area contributed by atoms with Crippen molar-refractivity contribution in [3.05, 3.63) is 68.5 Å². The number of pyridine rings is 1. The number of piperazine rings is 1. The third-order valence-electron chi connectivity index (χ3n) is 6.28. The van der Waals surface area contributed by atoms with Crippen molar-refractivity contribution < 1.29 is 19.3 Å². The fourth-order valence-electron chi connectivity index (χ4n) is 4.55. The van der Waals surface area contributed by atoms with Gasteiger partial charge in [0, 0.05) is 16.6 Å². The molecule has 156 valence electrons. The molecule has 0 amide bonds. The summed E-state index contributed by atoms with van der Waals surface area (Å²) in [7, 11) is 0. The molecular weight excluding hydrogens is 402 g/mol. The van der Waals surface area contributed by atoms with E-state index < -0.39 is 0 Å². The van der Waals surface area contributed by atoms with Gasteiger partial charge >= 0.3 is 0 Å². The molecule has 1 aromatic heterocycles. The van der Waals surface area contributed by atoms with Crippen molar-refractivity contribution in [3.63, 3.8) is 0 Å². The number of nitrogens with one attached hydrogen (secondary N) is 3. The van der Waals surface area contributed by atoms with E-state index >= 15 is 0 Å². The molecule has 3 heterocycles. The first-order valence-corrected chi connectivity index (χ1v) is 10.8. The molecule has 7 heteroatoms. The van der Waals surface area contributed by atoms with Crippen molar-refractivity contribution in [3.8, 4) is 11.5 Å². The number of ether oxygens (including phenoxy) is 2. The van der Waals surface area contributed by atoms with Gasteiger partial charge in [-0.2, -0.15) is 0 Å². The van der Waals surface area contributed by atoms with E-state index in [1.807, 2.05) is 31.2 Å². The summed E-state index contributed by atoms with van der Waals surface area (Å²) in [4.78, 5) is 19.4. The molecule has 5 rings (SSSR count). The van der Waals surface area contributed by atoms with Gasteiger partial charge in [-0.3, -0.25) is 4.79 Å². The molecule has 0 unspecified atom stereocenters. The Morgan fingerprint density at radius 3 is 2.53 bits per heavy atom. The predicted octanol–water partition coefficient (Wildman–Crippen LogP) is 0.702. The summed E-state index contributed by atoms with van der Waals surface area (Å²) in [6, 6.07) is 11.7. The van der Waals surface area contributed by atoms with Crippen LogP contribution in [0.3, 0.4) is 0 Å². The number of para-hydroxylation sites is 1. The number of rotatable bonds is 4. The Hall–Kier alpha value is -2.54. The van der Waals surface area contributed by atoms with Crippen LogP contribution in [0.25, 0.3) is 10.9 Å². The van der Waals surface area contributed by atoms with Gasteiger partial charge in [-0.1, -0.05) is 17.7 Å². The van der Waals surface area contributed by atoms with Crippen LogP contribution in [0, 0.1) is 6.92 Å². The molecule has 0 atom stereocenters. The van der Waals surface area contributed by atoms with E-state index in [0.717, 1.165) is 67.5 Å².